The van der Waals surface area contributed by atoms with Crippen LogP contribution < -0.4 is 10.6 Å². The van der Waals surface area contributed by atoms with Gasteiger partial charge in [-0.2, -0.15) is 0 Å². The predicted octanol–water partition coefficient (Wildman–Crippen LogP) is 6.75. The summed E-state index contributed by atoms with van der Waals surface area (Å²) < 4.78 is 0. The lowest BCUT2D eigenvalue weighted by Crippen LogP contribution is -2.39. The number of hydrogen-bond donors (Lipinski definition) is 3. The van der Waals surface area contributed by atoms with Crippen LogP contribution in [0.2, 0.25) is 0 Å². The van der Waals surface area contributed by atoms with Crippen LogP contribution in [0.3, 0.4) is 0 Å². The first-order valence-corrected chi connectivity index (χ1v) is 16.3. The minimum Gasteiger partial charge on any atom is -0.478 e. The Kier molecular flexibility index (Phi) is 12.2. The number of aromatic nitrogens is 2. The highest BCUT2D eigenvalue weighted by Gasteiger charge is 2.22. The summed E-state index contributed by atoms with van der Waals surface area (Å²) in [6, 6.07) is 29.1. The van der Waals surface area contributed by atoms with Gasteiger partial charge in [0, 0.05) is 69.3 Å². The Hall–Kier alpha value is -3.98. The second kappa shape index (κ2) is 16.9. The Morgan fingerprint density at radius 1 is 0.689 bits per heavy atom. The third-order valence-electron chi connectivity index (χ3n) is 8.43. The first kappa shape index (κ1) is 32.4. The summed E-state index contributed by atoms with van der Waals surface area (Å²) in [6.45, 7) is 6.26. The number of carboxylic acid groups (broad SMARTS) is 1. The lowest BCUT2D eigenvalue weighted by atomic mass is 10.0. The van der Waals surface area contributed by atoms with Gasteiger partial charge in [0.1, 0.15) is 17.2 Å². The summed E-state index contributed by atoms with van der Waals surface area (Å²) in [5.74, 6) is 0.978. The van der Waals surface area contributed by atoms with Crippen LogP contribution in [-0.2, 0) is 19.0 Å². The summed E-state index contributed by atoms with van der Waals surface area (Å²) in [6.07, 6.45) is 7.71. The number of carbonyl (C=O) groups is 1. The predicted molar refractivity (Wildman–Crippen MR) is 182 cm³/mol. The number of carboxylic acids is 1. The molecule has 2 aliphatic rings. The number of pyridine rings is 2. The molecule has 45 heavy (non-hydrogen) atoms. The molecule has 0 unspecified atom stereocenters. The highest BCUT2D eigenvalue weighted by Crippen LogP contribution is 2.21. The lowest BCUT2D eigenvalue weighted by Gasteiger charge is -2.32. The van der Waals surface area contributed by atoms with E-state index in [9.17, 15) is 9.90 Å². The Morgan fingerprint density at radius 3 is 1.64 bits per heavy atom. The number of likely N-dealkylation sites (tertiary alicyclic amines) is 2. The van der Waals surface area contributed by atoms with Gasteiger partial charge in [0.25, 0.3) is 0 Å². The van der Waals surface area contributed by atoms with E-state index in [0.717, 1.165) is 76.3 Å². The van der Waals surface area contributed by atoms with Gasteiger partial charge in [0.2, 0.25) is 0 Å². The van der Waals surface area contributed by atoms with Crippen molar-refractivity contribution in [1.82, 2.24) is 19.8 Å². The van der Waals surface area contributed by atoms with Crippen LogP contribution >= 0.6 is 11.6 Å². The fraction of sp³-hybridized carbons (Fsp3) is 0.361. The summed E-state index contributed by atoms with van der Waals surface area (Å²) in [4.78, 5) is 24.8. The van der Waals surface area contributed by atoms with E-state index >= 15 is 0 Å². The fourth-order valence-corrected chi connectivity index (χ4v) is 6.13. The maximum Gasteiger partial charge on any atom is 0.339 e. The van der Waals surface area contributed by atoms with E-state index in [4.69, 9.17) is 11.6 Å². The average Bonchev–Trinajstić information content (AvgIpc) is 3.08. The van der Waals surface area contributed by atoms with Crippen molar-refractivity contribution in [2.45, 2.75) is 56.7 Å². The number of aromatic carboxylic acids is 1. The molecule has 9 heteroatoms. The average molecular weight is 627 g/mol. The molecular formula is C36H43ClN6O2. The molecule has 0 atom stereocenters. The molecule has 2 aliphatic heterocycles. The molecule has 0 amide bonds. The Bertz CT molecular complexity index is 1460. The van der Waals surface area contributed by atoms with Gasteiger partial charge in [0.15, 0.2) is 0 Å². The first-order valence-electron chi connectivity index (χ1n) is 15.8. The standard InChI is InChI=1S/C18H22ClN3.C18H21N3O2/c19-13-16-7-4-10-20-18(16)21-17-8-11-22(12-9-17)14-15-5-2-1-3-6-15;22-18(23)16-7-4-10-19-17(16)20-15-8-11-21(12-9-15)13-14-5-2-1-3-6-14/h1-7,10,17H,8-9,11-14H2,(H,20,21);1-7,10,15H,8-9,11-13H2,(H,19,20)(H,22,23). The number of alkyl halides is 1. The zero-order valence-electron chi connectivity index (χ0n) is 25.7. The van der Waals surface area contributed by atoms with Crippen molar-refractivity contribution < 1.29 is 9.90 Å². The van der Waals surface area contributed by atoms with Gasteiger partial charge in [-0.25, -0.2) is 14.8 Å². The molecule has 2 saturated heterocycles. The van der Waals surface area contributed by atoms with Crippen LogP contribution in [0.4, 0.5) is 11.6 Å². The van der Waals surface area contributed by atoms with Gasteiger partial charge in [-0.3, -0.25) is 9.80 Å². The van der Waals surface area contributed by atoms with Crippen molar-refractivity contribution in [2.75, 3.05) is 36.8 Å². The molecule has 8 nitrogen and oxygen atoms in total. The van der Waals surface area contributed by atoms with Crippen molar-refractivity contribution in [2.24, 2.45) is 0 Å². The van der Waals surface area contributed by atoms with E-state index in [0.29, 0.717) is 17.7 Å². The highest BCUT2D eigenvalue weighted by molar-refractivity contribution is 6.17. The molecule has 2 aromatic carbocycles. The third kappa shape index (κ3) is 10.0. The fourth-order valence-electron chi connectivity index (χ4n) is 5.91. The summed E-state index contributed by atoms with van der Waals surface area (Å²) in [7, 11) is 0. The first-order chi connectivity index (χ1) is 22.1. The number of rotatable bonds is 10. The summed E-state index contributed by atoms with van der Waals surface area (Å²) in [5, 5.41) is 16.1. The zero-order valence-corrected chi connectivity index (χ0v) is 26.4. The van der Waals surface area contributed by atoms with Crippen molar-refractivity contribution in [3.05, 3.63) is 120 Å². The molecule has 6 rings (SSSR count). The van der Waals surface area contributed by atoms with Crippen LogP contribution in [0.15, 0.2) is 97.3 Å². The minimum atomic E-state index is -0.942. The molecule has 0 radical (unpaired) electrons. The number of nitrogens with zero attached hydrogens (tertiary/aromatic N) is 4. The second-order valence-corrected chi connectivity index (χ2v) is 12.0. The lowest BCUT2D eigenvalue weighted by molar-refractivity contribution is 0.0697. The molecule has 4 heterocycles. The Balaban J connectivity index is 0.000000178. The molecule has 0 aliphatic carbocycles. The maximum absolute atomic E-state index is 11.2. The van der Waals surface area contributed by atoms with Gasteiger partial charge in [-0.1, -0.05) is 66.7 Å². The normalized spacial score (nSPS) is 16.4. The van der Waals surface area contributed by atoms with Gasteiger partial charge >= 0.3 is 5.97 Å². The topological polar surface area (TPSA) is 93.6 Å². The van der Waals surface area contributed by atoms with Crippen LogP contribution in [-0.4, -0.2) is 69.1 Å². The number of benzene rings is 2. The number of nitrogens with one attached hydrogen (secondary N) is 2. The monoisotopic (exact) mass is 626 g/mol. The Labute approximate surface area is 271 Å². The van der Waals surface area contributed by atoms with E-state index in [1.807, 2.05) is 24.4 Å². The van der Waals surface area contributed by atoms with Crippen molar-refractivity contribution >= 4 is 29.2 Å². The van der Waals surface area contributed by atoms with Gasteiger partial charge in [0.05, 0.1) is 5.88 Å². The number of hydrogen-bond acceptors (Lipinski definition) is 7. The number of halogens is 1. The van der Waals surface area contributed by atoms with E-state index in [1.165, 1.54) is 11.1 Å². The Morgan fingerprint density at radius 2 is 1.16 bits per heavy atom. The van der Waals surface area contributed by atoms with Gasteiger partial charge in [-0.05, 0) is 55.0 Å². The molecular weight excluding hydrogens is 584 g/mol. The molecule has 3 N–H and O–H groups in total. The van der Waals surface area contributed by atoms with E-state index < -0.39 is 5.97 Å². The van der Waals surface area contributed by atoms with Crippen molar-refractivity contribution in [3.8, 4) is 0 Å². The molecule has 2 fully saturated rings. The van der Waals surface area contributed by atoms with E-state index in [2.05, 4.69) is 85.0 Å². The molecule has 0 bridgehead atoms. The van der Waals surface area contributed by atoms with E-state index in [-0.39, 0.29) is 11.6 Å². The van der Waals surface area contributed by atoms with Gasteiger partial charge < -0.3 is 15.7 Å². The SMILES string of the molecule is ClCc1cccnc1NC1CCN(Cc2ccccc2)CC1.O=C(O)c1cccnc1NC1CCN(Cc2ccccc2)CC1. The summed E-state index contributed by atoms with van der Waals surface area (Å²) >= 11 is 5.97. The summed E-state index contributed by atoms with van der Waals surface area (Å²) in [5.41, 5.74) is 4.04. The second-order valence-electron chi connectivity index (χ2n) is 11.7. The van der Waals surface area contributed by atoms with Crippen LogP contribution in [0.25, 0.3) is 0 Å². The van der Waals surface area contributed by atoms with E-state index in [1.54, 1.807) is 18.3 Å². The third-order valence-corrected chi connectivity index (χ3v) is 8.72. The molecule has 0 saturated carbocycles. The van der Waals surface area contributed by atoms with Crippen LogP contribution in [0.1, 0.15) is 52.7 Å². The van der Waals surface area contributed by atoms with Crippen molar-refractivity contribution in [3.63, 3.8) is 0 Å². The highest BCUT2D eigenvalue weighted by atomic mass is 35.5. The van der Waals surface area contributed by atoms with Crippen LogP contribution in [0.5, 0.6) is 0 Å². The molecule has 4 aromatic rings. The van der Waals surface area contributed by atoms with Crippen molar-refractivity contribution in [1.29, 1.82) is 0 Å². The smallest absolute Gasteiger partial charge is 0.339 e. The molecule has 236 valence electrons. The minimum absolute atomic E-state index is 0.235. The van der Waals surface area contributed by atoms with Crippen LogP contribution in [0, 0.1) is 0 Å². The zero-order chi connectivity index (χ0) is 31.3. The quantitative estimate of drug-likeness (QED) is 0.166. The maximum atomic E-state index is 11.2. The molecule has 2 aromatic heterocycles. The van der Waals surface area contributed by atoms with Gasteiger partial charge in [-0.15, -0.1) is 11.6 Å². The molecule has 0 spiro atoms. The number of piperidine rings is 2. The number of anilines is 2. The largest absolute Gasteiger partial charge is 0.478 e.